The number of rotatable bonds is 2. The molecule has 1 saturated heterocycles. The zero-order valence-corrected chi connectivity index (χ0v) is 13.2. The van der Waals surface area contributed by atoms with Gasteiger partial charge >= 0.3 is 12.1 Å². The number of piperidine rings is 1. The molecule has 2 aliphatic rings. The summed E-state index contributed by atoms with van der Waals surface area (Å²) in [6.45, 7) is 6.01. The smallest absolute Gasteiger partial charge is 0.410 e. The van der Waals surface area contributed by atoms with E-state index in [4.69, 9.17) is 4.74 Å². The fourth-order valence-corrected chi connectivity index (χ4v) is 3.43. The van der Waals surface area contributed by atoms with Gasteiger partial charge in [0.15, 0.2) is 0 Å². The molecular weight excluding hydrogens is 296 g/mol. The molecule has 5 nitrogen and oxygen atoms in total. The van der Waals surface area contributed by atoms with E-state index < -0.39 is 41.8 Å². The second kappa shape index (κ2) is 5.35. The lowest BCUT2D eigenvalue weighted by Crippen LogP contribution is -2.57. The van der Waals surface area contributed by atoms with Crippen LogP contribution < -0.4 is 0 Å². The summed E-state index contributed by atoms with van der Waals surface area (Å²) in [6, 6.07) is 0. The molecule has 1 aliphatic carbocycles. The van der Waals surface area contributed by atoms with Crippen LogP contribution >= 0.6 is 0 Å². The van der Waals surface area contributed by atoms with Gasteiger partial charge in [0.1, 0.15) is 5.60 Å². The Labute approximate surface area is 128 Å². The lowest BCUT2D eigenvalue weighted by molar-refractivity contribution is -0.210. The average Bonchev–Trinajstić information content (AvgIpc) is 2.33. The number of ether oxygens (including phenoxy) is 1. The third-order valence-electron chi connectivity index (χ3n) is 4.50. The monoisotopic (exact) mass is 319 g/mol. The van der Waals surface area contributed by atoms with Crippen molar-refractivity contribution in [3.05, 3.63) is 0 Å². The van der Waals surface area contributed by atoms with Gasteiger partial charge in [-0.25, -0.2) is 13.6 Å². The molecule has 0 aromatic carbocycles. The van der Waals surface area contributed by atoms with Crippen LogP contribution in [-0.4, -0.2) is 46.7 Å². The third kappa shape index (κ3) is 3.33. The average molecular weight is 319 g/mol. The number of hydrogen-bond donors (Lipinski definition) is 1. The van der Waals surface area contributed by atoms with Gasteiger partial charge in [0.05, 0.1) is 5.41 Å². The van der Waals surface area contributed by atoms with Crippen LogP contribution in [0.3, 0.4) is 0 Å². The van der Waals surface area contributed by atoms with Crippen molar-refractivity contribution in [3.8, 4) is 0 Å². The number of carboxylic acid groups (broad SMARTS) is 1. The number of carbonyl (C=O) groups is 2. The Kier molecular flexibility index (Phi) is 4.13. The fourth-order valence-electron chi connectivity index (χ4n) is 3.43. The van der Waals surface area contributed by atoms with Crippen molar-refractivity contribution in [1.82, 2.24) is 4.90 Å². The molecule has 0 aromatic rings. The van der Waals surface area contributed by atoms with Crippen LogP contribution in [0.25, 0.3) is 0 Å². The number of carbonyl (C=O) groups excluding carboxylic acids is 1. The van der Waals surface area contributed by atoms with Gasteiger partial charge in [-0.05, 0) is 39.5 Å². The van der Waals surface area contributed by atoms with Crippen molar-refractivity contribution in [3.63, 3.8) is 0 Å². The minimum absolute atomic E-state index is 0.316. The molecule has 7 heteroatoms. The Morgan fingerprint density at radius 1 is 1.18 bits per heavy atom. The second-order valence-electron chi connectivity index (χ2n) is 7.41. The Hall–Kier alpha value is -1.40. The topological polar surface area (TPSA) is 66.8 Å². The molecule has 1 amide bonds. The van der Waals surface area contributed by atoms with Crippen LogP contribution in [0.15, 0.2) is 0 Å². The standard InChI is InChI=1S/C15H23F2NO4/c1-13(2,3)22-12(21)18-6-4-10(5-7-18)14(11(19)20)8-15(16,17)9-14/h10H,4-9H2,1-3H3,(H,19,20). The maximum atomic E-state index is 13.2. The minimum Gasteiger partial charge on any atom is -0.481 e. The van der Waals surface area contributed by atoms with Gasteiger partial charge in [0.2, 0.25) is 5.92 Å². The predicted molar refractivity (Wildman–Crippen MR) is 74.8 cm³/mol. The molecular formula is C15H23F2NO4. The van der Waals surface area contributed by atoms with Gasteiger partial charge in [0.25, 0.3) is 0 Å². The van der Waals surface area contributed by atoms with E-state index in [9.17, 15) is 23.5 Å². The molecule has 2 rings (SSSR count). The first kappa shape index (κ1) is 17.0. The number of halogens is 2. The van der Waals surface area contributed by atoms with Crippen molar-refractivity contribution in [1.29, 1.82) is 0 Å². The first-order valence-corrected chi connectivity index (χ1v) is 7.54. The van der Waals surface area contributed by atoms with Gasteiger partial charge in [-0.3, -0.25) is 4.79 Å². The number of amides is 1. The van der Waals surface area contributed by atoms with Crippen molar-refractivity contribution < 1.29 is 28.2 Å². The summed E-state index contributed by atoms with van der Waals surface area (Å²) in [5.74, 6) is -4.34. The van der Waals surface area contributed by atoms with Crippen molar-refractivity contribution in [2.75, 3.05) is 13.1 Å². The van der Waals surface area contributed by atoms with Crippen LogP contribution in [-0.2, 0) is 9.53 Å². The van der Waals surface area contributed by atoms with Crippen LogP contribution in [0.4, 0.5) is 13.6 Å². The number of carboxylic acids is 1. The Bertz CT molecular complexity index is 457. The molecule has 2 fully saturated rings. The lowest BCUT2D eigenvalue weighted by atomic mass is 9.57. The number of likely N-dealkylation sites (tertiary alicyclic amines) is 1. The number of alkyl halides is 2. The molecule has 1 heterocycles. The van der Waals surface area contributed by atoms with Crippen LogP contribution in [0.5, 0.6) is 0 Å². The quantitative estimate of drug-likeness (QED) is 0.849. The van der Waals surface area contributed by atoms with Crippen molar-refractivity contribution in [2.24, 2.45) is 11.3 Å². The van der Waals surface area contributed by atoms with Crippen LogP contribution in [0.1, 0.15) is 46.5 Å². The number of nitrogens with zero attached hydrogens (tertiary/aromatic N) is 1. The van der Waals surface area contributed by atoms with Gasteiger partial charge in [-0.15, -0.1) is 0 Å². The highest BCUT2D eigenvalue weighted by molar-refractivity contribution is 5.77. The number of aliphatic carboxylic acids is 1. The molecule has 126 valence electrons. The lowest BCUT2D eigenvalue weighted by Gasteiger charge is -2.50. The van der Waals surface area contributed by atoms with Crippen molar-refractivity contribution >= 4 is 12.1 Å². The van der Waals surface area contributed by atoms with Gasteiger partial charge in [-0.2, -0.15) is 0 Å². The molecule has 0 bridgehead atoms. The molecule has 1 N–H and O–H groups in total. The summed E-state index contributed by atoms with van der Waals surface area (Å²) < 4.78 is 31.7. The summed E-state index contributed by atoms with van der Waals surface area (Å²) in [6.07, 6.45) is -0.781. The summed E-state index contributed by atoms with van der Waals surface area (Å²) >= 11 is 0. The molecule has 0 atom stereocenters. The first-order chi connectivity index (χ1) is 9.95. The maximum Gasteiger partial charge on any atom is 0.410 e. The molecule has 1 saturated carbocycles. The molecule has 0 spiro atoms. The largest absolute Gasteiger partial charge is 0.481 e. The molecule has 0 radical (unpaired) electrons. The third-order valence-corrected chi connectivity index (χ3v) is 4.50. The Balaban J connectivity index is 1.94. The maximum absolute atomic E-state index is 13.2. The summed E-state index contributed by atoms with van der Waals surface area (Å²) in [7, 11) is 0. The summed E-state index contributed by atoms with van der Waals surface area (Å²) in [5.41, 5.74) is -1.92. The highest BCUT2D eigenvalue weighted by Gasteiger charge is 2.64. The number of hydrogen-bond acceptors (Lipinski definition) is 3. The molecule has 0 unspecified atom stereocenters. The SMILES string of the molecule is CC(C)(C)OC(=O)N1CCC(C2(C(=O)O)CC(F)(F)C2)CC1. The van der Waals surface area contributed by atoms with E-state index in [2.05, 4.69) is 0 Å². The van der Waals surface area contributed by atoms with E-state index in [1.165, 1.54) is 4.90 Å². The Morgan fingerprint density at radius 3 is 2.05 bits per heavy atom. The van der Waals surface area contributed by atoms with Crippen LogP contribution in [0.2, 0.25) is 0 Å². The molecule has 22 heavy (non-hydrogen) atoms. The molecule has 1 aliphatic heterocycles. The van der Waals surface area contributed by atoms with E-state index in [1.807, 2.05) is 0 Å². The van der Waals surface area contributed by atoms with Crippen molar-refractivity contribution in [2.45, 2.75) is 58.0 Å². The van der Waals surface area contributed by atoms with E-state index in [1.54, 1.807) is 20.8 Å². The van der Waals surface area contributed by atoms with Gasteiger partial charge in [-0.1, -0.05) is 0 Å². The summed E-state index contributed by atoms with van der Waals surface area (Å²) in [4.78, 5) is 24.9. The van der Waals surface area contributed by atoms with Gasteiger partial charge < -0.3 is 14.7 Å². The van der Waals surface area contributed by atoms with E-state index >= 15 is 0 Å². The predicted octanol–water partition coefficient (Wildman–Crippen LogP) is 3.13. The fraction of sp³-hybridized carbons (Fsp3) is 0.867. The van der Waals surface area contributed by atoms with Crippen LogP contribution in [0, 0.1) is 11.3 Å². The zero-order chi connectivity index (χ0) is 16.8. The van der Waals surface area contributed by atoms with E-state index in [0.717, 1.165) is 0 Å². The Morgan fingerprint density at radius 2 is 1.68 bits per heavy atom. The summed E-state index contributed by atoms with van der Waals surface area (Å²) in [5, 5.41) is 9.36. The van der Waals surface area contributed by atoms with E-state index in [0.29, 0.717) is 25.9 Å². The minimum atomic E-state index is -2.87. The first-order valence-electron chi connectivity index (χ1n) is 7.54. The molecule has 0 aromatic heterocycles. The highest BCUT2D eigenvalue weighted by atomic mass is 19.3. The zero-order valence-electron chi connectivity index (χ0n) is 13.2. The normalized spacial score (nSPS) is 24.5. The highest BCUT2D eigenvalue weighted by Crippen LogP contribution is 2.58. The second-order valence-corrected chi connectivity index (χ2v) is 7.41. The van der Waals surface area contributed by atoms with E-state index in [-0.39, 0.29) is 5.92 Å². The van der Waals surface area contributed by atoms with Gasteiger partial charge in [0, 0.05) is 25.9 Å².